The number of nitrogens with zero attached hydrogens (tertiary/aromatic N) is 1. The molecule has 0 aromatic carbocycles. The lowest BCUT2D eigenvalue weighted by molar-refractivity contribution is 0.0401. The minimum absolute atomic E-state index is 0.769. The second-order valence-corrected chi connectivity index (χ2v) is 6.51. The third-order valence-electron chi connectivity index (χ3n) is 5.60. The van der Waals surface area contributed by atoms with Crippen LogP contribution in [0.25, 0.3) is 0 Å². The number of allylic oxidation sites excluding steroid dienone is 1. The van der Waals surface area contributed by atoms with Crippen molar-refractivity contribution in [3.63, 3.8) is 0 Å². The normalized spacial score (nSPS) is 36.5. The maximum Gasteiger partial charge on any atom is 0.0338 e. The van der Waals surface area contributed by atoms with Crippen LogP contribution in [0.1, 0.15) is 72.6 Å². The summed E-state index contributed by atoms with van der Waals surface area (Å²) in [5.41, 5.74) is 1.73. The second-order valence-electron chi connectivity index (χ2n) is 6.51. The Labute approximate surface area is 120 Å². The Morgan fingerprint density at radius 3 is 2.42 bits per heavy atom. The first-order valence-electron chi connectivity index (χ1n) is 8.71. The van der Waals surface area contributed by atoms with Crippen LogP contribution in [0.4, 0.5) is 0 Å². The fourth-order valence-electron chi connectivity index (χ4n) is 4.69. The van der Waals surface area contributed by atoms with Crippen LogP contribution in [0.15, 0.2) is 11.6 Å². The van der Waals surface area contributed by atoms with Gasteiger partial charge in [0, 0.05) is 12.1 Å². The average molecular weight is 263 g/mol. The number of fused-ring (bicyclic) bond motifs is 1. The zero-order chi connectivity index (χ0) is 13.8. The van der Waals surface area contributed by atoms with Gasteiger partial charge in [-0.3, -0.25) is 4.90 Å². The molecule has 2 fully saturated rings. The van der Waals surface area contributed by atoms with E-state index in [-0.39, 0.29) is 0 Å². The van der Waals surface area contributed by atoms with Crippen LogP contribution in [-0.4, -0.2) is 23.5 Å². The Hall–Kier alpha value is -0.300. The molecule has 1 nitrogen and oxygen atoms in total. The van der Waals surface area contributed by atoms with Gasteiger partial charge in [0.15, 0.2) is 0 Å². The maximum absolute atomic E-state index is 2.90. The number of piperidine rings is 1. The standard InChI is InChI=1S/C18H33N/c1-5-10-14(6-2)18-16(8-4)13-15(7-3)17-11-9-12-19(17)18/h10,15-18H,5-9,11-13H2,1-4H3/b14-10+. The summed E-state index contributed by atoms with van der Waals surface area (Å²) in [6.07, 6.45) is 12.1. The van der Waals surface area contributed by atoms with E-state index in [0.29, 0.717) is 0 Å². The molecule has 0 radical (unpaired) electrons. The molecule has 0 aromatic rings. The SMILES string of the molecule is CC/C=C(\CC)C1C(CC)CC(CC)C2CCCN21. The molecule has 0 aromatic heterocycles. The molecule has 2 aliphatic heterocycles. The van der Waals surface area contributed by atoms with Gasteiger partial charge in [0.25, 0.3) is 0 Å². The molecule has 2 heterocycles. The predicted molar refractivity (Wildman–Crippen MR) is 84.4 cm³/mol. The molecule has 0 spiro atoms. The van der Waals surface area contributed by atoms with Crippen LogP contribution in [0, 0.1) is 11.8 Å². The molecule has 2 rings (SSSR count). The highest BCUT2D eigenvalue weighted by molar-refractivity contribution is 5.16. The van der Waals surface area contributed by atoms with E-state index in [2.05, 4.69) is 38.7 Å². The molecule has 19 heavy (non-hydrogen) atoms. The van der Waals surface area contributed by atoms with Gasteiger partial charge in [-0.25, -0.2) is 0 Å². The first-order valence-corrected chi connectivity index (χ1v) is 8.71. The lowest BCUT2D eigenvalue weighted by Crippen LogP contribution is -2.52. The van der Waals surface area contributed by atoms with Crippen molar-refractivity contribution < 1.29 is 0 Å². The highest BCUT2D eigenvalue weighted by Crippen LogP contribution is 2.43. The largest absolute Gasteiger partial charge is 0.293 e. The Balaban J connectivity index is 2.26. The smallest absolute Gasteiger partial charge is 0.0338 e. The van der Waals surface area contributed by atoms with Crippen molar-refractivity contribution in [1.82, 2.24) is 4.90 Å². The van der Waals surface area contributed by atoms with Gasteiger partial charge in [-0.05, 0) is 50.5 Å². The zero-order valence-electron chi connectivity index (χ0n) is 13.5. The molecule has 2 aliphatic rings. The lowest BCUT2D eigenvalue weighted by atomic mass is 9.73. The molecule has 0 aliphatic carbocycles. The summed E-state index contributed by atoms with van der Waals surface area (Å²) in [7, 11) is 0. The van der Waals surface area contributed by atoms with Crippen LogP contribution in [0.2, 0.25) is 0 Å². The van der Waals surface area contributed by atoms with E-state index in [0.717, 1.165) is 23.9 Å². The topological polar surface area (TPSA) is 3.24 Å². The summed E-state index contributed by atoms with van der Waals surface area (Å²) in [6.45, 7) is 10.8. The molecule has 4 unspecified atom stereocenters. The summed E-state index contributed by atoms with van der Waals surface area (Å²) < 4.78 is 0. The molecule has 2 saturated heterocycles. The van der Waals surface area contributed by atoms with Gasteiger partial charge in [0.05, 0.1) is 0 Å². The minimum Gasteiger partial charge on any atom is -0.293 e. The summed E-state index contributed by atoms with van der Waals surface area (Å²) in [6, 6.07) is 1.66. The van der Waals surface area contributed by atoms with Crippen LogP contribution in [-0.2, 0) is 0 Å². The first kappa shape index (κ1) is 15.1. The highest BCUT2D eigenvalue weighted by Gasteiger charge is 2.44. The van der Waals surface area contributed by atoms with Crippen molar-refractivity contribution in [2.75, 3.05) is 6.54 Å². The predicted octanol–water partition coefficient (Wildman–Crippen LogP) is 5.02. The summed E-state index contributed by atoms with van der Waals surface area (Å²) in [5, 5.41) is 0. The molecule has 0 N–H and O–H groups in total. The molecule has 110 valence electrons. The number of rotatable bonds is 5. The Morgan fingerprint density at radius 2 is 1.84 bits per heavy atom. The van der Waals surface area contributed by atoms with Gasteiger partial charge >= 0.3 is 0 Å². The van der Waals surface area contributed by atoms with Crippen molar-refractivity contribution in [1.29, 1.82) is 0 Å². The fourth-order valence-corrected chi connectivity index (χ4v) is 4.69. The van der Waals surface area contributed by atoms with Gasteiger partial charge in [-0.2, -0.15) is 0 Å². The van der Waals surface area contributed by atoms with Gasteiger partial charge in [0.1, 0.15) is 0 Å². The summed E-state index contributed by atoms with van der Waals surface area (Å²) in [5.74, 6) is 1.86. The van der Waals surface area contributed by atoms with E-state index in [1.807, 2.05) is 0 Å². The summed E-state index contributed by atoms with van der Waals surface area (Å²) >= 11 is 0. The molecule has 0 saturated carbocycles. The molecular formula is C18H33N. The van der Waals surface area contributed by atoms with Crippen LogP contribution in [0.3, 0.4) is 0 Å². The van der Waals surface area contributed by atoms with E-state index >= 15 is 0 Å². The molecule has 0 amide bonds. The first-order chi connectivity index (χ1) is 9.26. The van der Waals surface area contributed by atoms with E-state index in [9.17, 15) is 0 Å². The van der Waals surface area contributed by atoms with Crippen LogP contribution < -0.4 is 0 Å². The molecule has 4 atom stereocenters. The quantitative estimate of drug-likeness (QED) is 0.629. The molecular weight excluding hydrogens is 230 g/mol. The average Bonchev–Trinajstić information content (AvgIpc) is 2.92. The van der Waals surface area contributed by atoms with Crippen molar-refractivity contribution in [2.45, 2.75) is 84.7 Å². The van der Waals surface area contributed by atoms with Crippen molar-refractivity contribution in [3.05, 3.63) is 11.6 Å². The van der Waals surface area contributed by atoms with Crippen molar-refractivity contribution in [2.24, 2.45) is 11.8 Å². The summed E-state index contributed by atoms with van der Waals surface area (Å²) in [4.78, 5) is 2.90. The van der Waals surface area contributed by atoms with Gasteiger partial charge in [-0.1, -0.05) is 52.2 Å². The monoisotopic (exact) mass is 263 g/mol. The van der Waals surface area contributed by atoms with Crippen molar-refractivity contribution in [3.8, 4) is 0 Å². The van der Waals surface area contributed by atoms with Crippen LogP contribution >= 0.6 is 0 Å². The third-order valence-corrected chi connectivity index (χ3v) is 5.60. The number of hydrogen-bond donors (Lipinski definition) is 0. The Morgan fingerprint density at radius 1 is 1.11 bits per heavy atom. The van der Waals surface area contributed by atoms with E-state index in [4.69, 9.17) is 0 Å². The highest BCUT2D eigenvalue weighted by atomic mass is 15.2. The fraction of sp³-hybridized carbons (Fsp3) is 0.889. The maximum atomic E-state index is 2.90. The molecule has 1 heteroatoms. The van der Waals surface area contributed by atoms with Gasteiger partial charge in [0.2, 0.25) is 0 Å². The van der Waals surface area contributed by atoms with E-state index < -0.39 is 0 Å². The zero-order valence-corrected chi connectivity index (χ0v) is 13.5. The number of hydrogen-bond acceptors (Lipinski definition) is 1. The Kier molecular flexibility index (Phi) is 5.50. The second kappa shape index (κ2) is 6.92. The van der Waals surface area contributed by atoms with Crippen molar-refractivity contribution >= 4 is 0 Å². The van der Waals surface area contributed by atoms with E-state index in [1.54, 1.807) is 5.57 Å². The minimum atomic E-state index is 0.769. The lowest BCUT2D eigenvalue weighted by Gasteiger charge is -2.48. The van der Waals surface area contributed by atoms with Gasteiger partial charge < -0.3 is 0 Å². The molecule has 0 bridgehead atoms. The third kappa shape index (κ3) is 2.91. The van der Waals surface area contributed by atoms with Crippen LogP contribution in [0.5, 0.6) is 0 Å². The van der Waals surface area contributed by atoms with E-state index in [1.165, 1.54) is 51.5 Å². The van der Waals surface area contributed by atoms with Gasteiger partial charge in [-0.15, -0.1) is 0 Å². The Bertz CT molecular complexity index is 307.